The molecule has 108 valence electrons. The van der Waals surface area contributed by atoms with E-state index in [1.54, 1.807) is 18.2 Å². The van der Waals surface area contributed by atoms with Crippen molar-refractivity contribution in [1.29, 1.82) is 0 Å². The van der Waals surface area contributed by atoms with Gasteiger partial charge in [0.15, 0.2) is 11.5 Å². The van der Waals surface area contributed by atoms with Gasteiger partial charge in [-0.15, -0.1) is 0 Å². The van der Waals surface area contributed by atoms with Crippen LogP contribution in [0.25, 0.3) is 11.0 Å². The zero-order valence-corrected chi connectivity index (χ0v) is 11.0. The van der Waals surface area contributed by atoms with Crippen molar-refractivity contribution in [2.24, 2.45) is 5.92 Å². The van der Waals surface area contributed by atoms with Crippen LogP contribution < -0.4 is 0 Å². The standard InChI is InChI=1S/C15H15F3O2/c1-10(9-15(16,17)18)6-7-12(19)14-8-11-4-2-3-5-13(11)20-14/h2-5,8,10H,6-7,9H2,1H3. The summed E-state index contributed by atoms with van der Waals surface area (Å²) in [6.45, 7) is 1.50. The second-order valence-corrected chi connectivity index (χ2v) is 5.03. The Hall–Kier alpha value is -1.78. The Bertz CT molecular complexity index is 565. The van der Waals surface area contributed by atoms with E-state index in [9.17, 15) is 18.0 Å². The first-order valence-electron chi connectivity index (χ1n) is 6.43. The van der Waals surface area contributed by atoms with Crippen molar-refractivity contribution in [3.8, 4) is 0 Å². The summed E-state index contributed by atoms with van der Waals surface area (Å²) in [5, 5.41) is 0.819. The number of hydrogen-bond donors (Lipinski definition) is 0. The molecule has 5 heteroatoms. The number of para-hydroxylation sites is 1. The van der Waals surface area contributed by atoms with Crippen LogP contribution in [0.3, 0.4) is 0 Å². The van der Waals surface area contributed by atoms with Crippen molar-refractivity contribution >= 4 is 16.8 Å². The monoisotopic (exact) mass is 284 g/mol. The van der Waals surface area contributed by atoms with Gasteiger partial charge in [0.1, 0.15) is 5.58 Å². The van der Waals surface area contributed by atoms with Crippen LogP contribution in [0.4, 0.5) is 13.2 Å². The molecular weight excluding hydrogens is 269 g/mol. The van der Waals surface area contributed by atoms with Gasteiger partial charge in [-0.3, -0.25) is 4.79 Å². The van der Waals surface area contributed by atoms with Gasteiger partial charge in [0.2, 0.25) is 0 Å². The quantitative estimate of drug-likeness (QED) is 0.724. The Labute approximate surface area is 114 Å². The topological polar surface area (TPSA) is 30.2 Å². The highest BCUT2D eigenvalue weighted by Gasteiger charge is 2.30. The summed E-state index contributed by atoms with van der Waals surface area (Å²) >= 11 is 0. The SMILES string of the molecule is CC(CCC(=O)c1cc2ccccc2o1)CC(F)(F)F. The molecule has 2 rings (SSSR count). The maximum atomic E-state index is 12.2. The third-order valence-electron chi connectivity index (χ3n) is 3.14. The summed E-state index contributed by atoms with van der Waals surface area (Å²) in [5.41, 5.74) is 0.610. The molecule has 1 aromatic carbocycles. The molecule has 1 unspecified atom stereocenters. The molecule has 0 spiro atoms. The molecular formula is C15H15F3O2. The summed E-state index contributed by atoms with van der Waals surface area (Å²) in [6.07, 6.45) is -4.77. The van der Waals surface area contributed by atoms with E-state index in [0.717, 1.165) is 5.39 Å². The highest BCUT2D eigenvalue weighted by Crippen LogP contribution is 2.28. The lowest BCUT2D eigenvalue weighted by Crippen LogP contribution is -2.14. The van der Waals surface area contributed by atoms with Gasteiger partial charge < -0.3 is 4.42 Å². The molecule has 1 heterocycles. The van der Waals surface area contributed by atoms with Crippen LogP contribution in [0.1, 0.15) is 36.7 Å². The second-order valence-electron chi connectivity index (χ2n) is 5.03. The number of ketones is 1. The van der Waals surface area contributed by atoms with E-state index in [-0.39, 0.29) is 24.4 Å². The first-order valence-corrected chi connectivity index (χ1v) is 6.43. The third kappa shape index (κ3) is 3.85. The van der Waals surface area contributed by atoms with Gasteiger partial charge in [-0.1, -0.05) is 25.1 Å². The van der Waals surface area contributed by atoms with E-state index < -0.39 is 18.5 Å². The zero-order valence-electron chi connectivity index (χ0n) is 11.0. The molecule has 0 radical (unpaired) electrons. The fourth-order valence-electron chi connectivity index (χ4n) is 2.12. The van der Waals surface area contributed by atoms with Gasteiger partial charge in [0.25, 0.3) is 0 Å². The number of fused-ring (bicyclic) bond motifs is 1. The first-order chi connectivity index (χ1) is 9.35. The van der Waals surface area contributed by atoms with E-state index in [2.05, 4.69) is 0 Å². The van der Waals surface area contributed by atoms with Crippen LogP contribution in [0.15, 0.2) is 34.7 Å². The number of benzene rings is 1. The van der Waals surface area contributed by atoms with Crippen LogP contribution in [0, 0.1) is 5.92 Å². The maximum Gasteiger partial charge on any atom is 0.389 e. The molecule has 2 aromatic rings. The normalized spacial score (nSPS) is 13.6. The van der Waals surface area contributed by atoms with E-state index >= 15 is 0 Å². The lowest BCUT2D eigenvalue weighted by molar-refractivity contribution is -0.143. The highest BCUT2D eigenvalue weighted by molar-refractivity contribution is 5.97. The summed E-state index contributed by atoms with van der Waals surface area (Å²) in [6, 6.07) is 8.83. The minimum Gasteiger partial charge on any atom is -0.453 e. The molecule has 2 nitrogen and oxygen atoms in total. The molecule has 20 heavy (non-hydrogen) atoms. The number of carbonyl (C=O) groups excluding carboxylic acids is 1. The van der Waals surface area contributed by atoms with Crippen LogP contribution >= 0.6 is 0 Å². The number of alkyl halides is 3. The van der Waals surface area contributed by atoms with Gasteiger partial charge in [-0.25, -0.2) is 0 Å². The number of hydrogen-bond acceptors (Lipinski definition) is 2. The van der Waals surface area contributed by atoms with Gasteiger partial charge in [-0.05, 0) is 24.5 Å². The smallest absolute Gasteiger partial charge is 0.389 e. The van der Waals surface area contributed by atoms with Crippen LogP contribution in [-0.4, -0.2) is 12.0 Å². The third-order valence-corrected chi connectivity index (χ3v) is 3.14. The van der Waals surface area contributed by atoms with E-state index in [1.165, 1.54) is 6.92 Å². The van der Waals surface area contributed by atoms with Crippen LogP contribution in [0.2, 0.25) is 0 Å². The zero-order chi connectivity index (χ0) is 14.8. The van der Waals surface area contributed by atoms with Gasteiger partial charge >= 0.3 is 6.18 Å². The summed E-state index contributed by atoms with van der Waals surface area (Å²) in [4.78, 5) is 11.9. The maximum absolute atomic E-state index is 12.2. The van der Waals surface area contributed by atoms with Gasteiger partial charge in [-0.2, -0.15) is 13.2 Å². The Morgan fingerprint density at radius 1 is 1.30 bits per heavy atom. The number of carbonyl (C=O) groups is 1. The minimum atomic E-state index is -4.18. The van der Waals surface area contributed by atoms with Gasteiger partial charge in [0.05, 0.1) is 0 Å². The predicted octanol–water partition coefficient (Wildman–Crippen LogP) is 4.98. The minimum absolute atomic E-state index is 0.0665. The Morgan fingerprint density at radius 3 is 2.65 bits per heavy atom. The molecule has 0 aliphatic heterocycles. The van der Waals surface area contributed by atoms with Crippen LogP contribution in [-0.2, 0) is 0 Å². The number of halogens is 3. The molecule has 0 saturated carbocycles. The predicted molar refractivity (Wildman–Crippen MR) is 69.6 cm³/mol. The largest absolute Gasteiger partial charge is 0.453 e. The molecule has 0 N–H and O–H groups in total. The molecule has 0 aliphatic rings. The van der Waals surface area contributed by atoms with Crippen LogP contribution in [0.5, 0.6) is 0 Å². The van der Waals surface area contributed by atoms with Crippen molar-refractivity contribution in [1.82, 2.24) is 0 Å². The molecule has 1 aromatic heterocycles. The van der Waals surface area contributed by atoms with E-state index in [4.69, 9.17) is 4.42 Å². The second kappa shape index (κ2) is 5.69. The molecule has 0 fully saturated rings. The summed E-state index contributed by atoms with van der Waals surface area (Å²) in [5.74, 6) is -0.607. The van der Waals surface area contributed by atoms with Crippen molar-refractivity contribution in [2.45, 2.75) is 32.4 Å². The Kier molecular flexibility index (Phi) is 4.16. The van der Waals surface area contributed by atoms with Gasteiger partial charge in [0, 0.05) is 18.2 Å². The lowest BCUT2D eigenvalue weighted by atomic mass is 9.99. The fourth-order valence-corrected chi connectivity index (χ4v) is 2.12. The summed E-state index contributed by atoms with van der Waals surface area (Å²) in [7, 11) is 0. The number of furan rings is 1. The molecule has 0 saturated heterocycles. The molecule has 0 aliphatic carbocycles. The number of Topliss-reactive ketones (excluding diaryl/α,β-unsaturated/α-hetero) is 1. The average Bonchev–Trinajstić information content (AvgIpc) is 2.77. The molecule has 0 bridgehead atoms. The summed E-state index contributed by atoms with van der Waals surface area (Å²) < 4.78 is 42.0. The Morgan fingerprint density at radius 2 is 2.00 bits per heavy atom. The molecule has 0 amide bonds. The van der Waals surface area contributed by atoms with Crippen molar-refractivity contribution in [3.05, 3.63) is 36.1 Å². The highest BCUT2D eigenvalue weighted by atomic mass is 19.4. The number of rotatable bonds is 5. The van der Waals surface area contributed by atoms with Crippen molar-refractivity contribution in [2.75, 3.05) is 0 Å². The van der Waals surface area contributed by atoms with Crippen molar-refractivity contribution < 1.29 is 22.4 Å². The first kappa shape index (κ1) is 14.6. The average molecular weight is 284 g/mol. The van der Waals surface area contributed by atoms with Crippen molar-refractivity contribution in [3.63, 3.8) is 0 Å². The van der Waals surface area contributed by atoms with E-state index in [0.29, 0.717) is 5.58 Å². The fraction of sp³-hybridized carbons (Fsp3) is 0.400. The van der Waals surface area contributed by atoms with E-state index in [1.807, 2.05) is 12.1 Å². The molecule has 1 atom stereocenters. The Balaban J connectivity index is 1.95. The lowest BCUT2D eigenvalue weighted by Gasteiger charge is -2.12.